The monoisotopic (exact) mass is 434 g/mol. The predicted molar refractivity (Wildman–Crippen MR) is 113 cm³/mol. The molecule has 1 atom stereocenters. The molecule has 1 saturated heterocycles. The average molecular weight is 434 g/mol. The lowest BCUT2D eigenvalue weighted by Crippen LogP contribution is -2.52. The first-order valence-electron chi connectivity index (χ1n) is 10.7. The van der Waals surface area contributed by atoms with Crippen LogP contribution >= 0.6 is 0 Å². The predicted octanol–water partition coefficient (Wildman–Crippen LogP) is 2.08. The first kappa shape index (κ1) is 20.2. The van der Waals surface area contributed by atoms with E-state index in [2.05, 4.69) is 15.6 Å². The number of fused-ring (bicyclic) bond motifs is 2. The van der Waals surface area contributed by atoms with Crippen LogP contribution in [0, 0.1) is 0 Å². The lowest BCUT2D eigenvalue weighted by molar-refractivity contribution is -0.136. The minimum absolute atomic E-state index is 0.00315. The number of aryl methyl sites for hydroxylation is 2. The topological polar surface area (TPSA) is 118 Å². The van der Waals surface area contributed by atoms with Gasteiger partial charge in [0.05, 0.1) is 11.9 Å². The lowest BCUT2D eigenvalue weighted by Gasteiger charge is -2.29. The van der Waals surface area contributed by atoms with Crippen LogP contribution in [-0.4, -0.2) is 39.7 Å². The Hall–Kier alpha value is -3.75. The summed E-state index contributed by atoms with van der Waals surface area (Å²) in [5.74, 6) is -1.02. The van der Waals surface area contributed by atoms with E-state index in [4.69, 9.17) is 4.74 Å². The van der Waals surface area contributed by atoms with Crippen LogP contribution in [0.4, 0.5) is 10.5 Å². The highest BCUT2D eigenvalue weighted by atomic mass is 16.5. The van der Waals surface area contributed by atoms with Gasteiger partial charge in [0, 0.05) is 24.2 Å². The van der Waals surface area contributed by atoms with Crippen molar-refractivity contribution in [2.24, 2.45) is 0 Å². The molecule has 2 aromatic rings. The first-order valence-corrected chi connectivity index (χ1v) is 10.7. The minimum atomic E-state index is -0.654. The fourth-order valence-corrected chi connectivity index (χ4v) is 4.49. The number of nitrogens with one attached hydrogen (secondary N) is 2. The molecule has 1 aliphatic carbocycles. The van der Waals surface area contributed by atoms with Crippen LogP contribution in [0.15, 0.2) is 30.5 Å². The Bertz CT molecular complexity index is 1150. The zero-order chi connectivity index (χ0) is 22.2. The van der Waals surface area contributed by atoms with Crippen LogP contribution in [0.2, 0.25) is 0 Å². The number of ether oxygens (including phenoxy) is 1. The normalized spacial score (nSPS) is 19.4. The second-order valence-corrected chi connectivity index (χ2v) is 8.28. The molecule has 1 fully saturated rings. The van der Waals surface area contributed by atoms with Crippen molar-refractivity contribution >= 4 is 29.5 Å². The molecule has 3 heterocycles. The Morgan fingerprint density at radius 1 is 1.16 bits per heavy atom. The van der Waals surface area contributed by atoms with Crippen molar-refractivity contribution < 1.29 is 23.9 Å². The molecule has 0 bridgehead atoms. The Labute approximate surface area is 184 Å². The Morgan fingerprint density at radius 3 is 2.88 bits per heavy atom. The van der Waals surface area contributed by atoms with E-state index in [0.29, 0.717) is 29.8 Å². The van der Waals surface area contributed by atoms with Crippen LogP contribution in [0.3, 0.4) is 0 Å². The van der Waals surface area contributed by atoms with E-state index in [0.717, 1.165) is 36.1 Å². The number of amides is 4. The van der Waals surface area contributed by atoms with Crippen molar-refractivity contribution in [3.63, 3.8) is 0 Å². The van der Waals surface area contributed by atoms with Crippen molar-refractivity contribution in [1.82, 2.24) is 15.2 Å². The summed E-state index contributed by atoms with van der Waals surface area (Å²) in [6, 6.07) is 6.56. The van der Waals surface area contributed by atoms with Crippen LogP contribution < -0.4 is 10.6 Å². The van der Waals surface area contributed by atoms with Gasteiger partial charge >= 0.3 is 6.09 Å². The molecule has 9 heteroatoms. The molecule has 1 unspecified atom stereocenters. The molecule has 3 aliphatic rings. The van der Waals surface area contributed by atoms with E-state index < -0.39 is 18.0 Å². The molecule has 164 valence electrons. The number of hydrogen-bond donors (Lipinski definition) is 2. The second kappa shape index (κ2) is 8.07. The number of imide groups is 1. The lowest BCUT2D eigenvalue weighted by atomic mass is 10.0. The number of aromatic nitrogens is 1. The Balaban J connectivity index is 1.20. The number of hydrogen-bond acceptors (Lipinski definition) is 6. The molecule has 0 radical (unpaired) electrons. The van der Waals surface area contributed by atoms with Crippen molar-refractivity contribution in [2.45, 2.75) is 51.3 Å². The zero-order valence-corrected chi connectivity index (χ0v) is 17.3. The molecule has 32 heavy (non-hydrogen) atoms. The first-order chi connectivity index (χ1) is 15.5. The summed E-state index contributed by atoms with van der Waals surface area (Å²) in [6.07, 6.45) is 4.57. The van der Waals surface area contributed by atoms with Crippen LogP contribution in [-0.2, 0) is 40.3 Å². The van der Waals surface area contributed by atoms with Crippen molar-refractivity contribution in [3.05, 3.63) is 58.4 Å². The molecule has 1 aromatic heterocycles. The number of benzene rings is 1. The van der Waals surface area contributed by atoms with Crippen molar-refractivity contribution in [1.29, 1.82) is 0 Å². The van der Waals surface area contributed by atoms with Crippen molar-refractivity contribution in [3.8, 4) is 0 Å². The second-order valence-electron chi connectivity index (χ2n) is 8.28. The number of carbonyl (C=O) groups excluding carboxylic acids is 4. The largest absolute Gasteiger partial charge is 0.444 e. The maximum atomic E-state index is 12.9. The fourth-order valence-electron chi connectivity index (χ4n) is 4.49. The number of rotatable bonds is 4. The molecule has 1 aromatic carbocycles. The smallest absolute Gasteiger partial charge is 0.412 e. The maximum Gasteiger partial charge on any atom is 0.412 e. The van der Waals surface area contributed by atoms with Crippen molar-refractivity contribution in [2.75, 3.05) is 5.32 Å². The summed E-state index contributed by atoms with van der Waals surface area (Å²) >= 11 is 0. The molecular formula is C23H22N4O5. The number of piperidine rings is 1. The third-order valence-corrected chi connectivity index (χ3v) is 6.13. The van der Waals surface area contributed by atoms with E-state index in [1.807, 2.05) is 6.07 Å². The van der Waals surface area contributed by atoms with E-state index in [-0.39, 0.29) is 24.8 Å². The molecule has 2 N–H and O–H groups in total. The highest BCUT2D eigenvalue weighted by Gasteiger charge is 2.39. The minimum Gasteiger partial charge on any atom is -0.444 e. The van der Waals surface area contributed by atoms with Crippen LogP contribution in [0.25, 0.3) is 0 Å². The van der Waals surface area contributed by atoms with Gasteiger partial charge in [-0.3, -0.25) is 30.0 Å². The van der Waals surface area contributed by atoms with Gasteiger partial charge in [-0.15, -0.1) is 0 Å². The van der Waals surface area contributed by atoms with E-state index in [9.17, 15) is 19.2 Å². The summed E-state index contributed by atoms with van der Waals surface area (Å²) < 4.78 is 5.31. The number of pyridine rings is 1. The van der Waals surface area contributed by atoms with Gasteiger partial charge in [0.15, 0.2) is 0 Å². The summed E-state index contributed by atoms with van der Waals surface area (Å²) in [5, 5.41) is 4.98. The van der Waals surface area contributed by atoms with Gasteiger partial charge in [0.1, 0.15) is 12.6 Å². The number of nitrogens with zero attached hydrogens (tertiary/aromatic N) is 2. The van der Waals surface area contributed by atoms with Crippen LogP contribution in [0.5, 0.6) is 0 Å². The van der Waals surface area contributed by atoms with Gasteiger partial charge in [-0.25, -0.2) is 4.79 Å². The third kappa shape index (κ3) is 3.81. The summed E-state index contributed by atoms with van der Waals surface area (Å²) in [5.41, 5.74) is 4.79. The molecule has 0 saturated carbocycles. The van der Waals surface area contributed by atoms with E-state index >= 15 is 0 Å². The van der Waals surface area contributed by atoms with Gasteiger partial charge in [0.25, 0.3) is 5.91 Å². The summed E-state index contributed by atoms with van der Waals surface area (Å²) in [7, 11) is 0. The molecule has 5 rings (SSSR count). The molecule has 0 spiro atoms. The van der Waals surface area contributed by atoms with Gasteiger partial charge in [-0.05, 0) is 54.5 Å². The molecule has 4 amide bonds. The summed E-state index contributed by atoms with van der Waals surface area (Å²) in [4.78, 5) is 54.5. The van der Waals surface area contributed by atoms with E-state index in [1.54, 1.807) is 24.4 Å². The average Bonchev–Trinajstić information content (AvgIpc) is 3.36. The summed E-state index contributed by atoms with van der Waals surface area (Å²) in [6.45, 7) is 0.316. The maximum absolute atomic E-state index is 12.9. The Kier molecular flexibility index (Phi) is 5.08. The van der Waals surface area contributed by atoms with Gasteiger partial charge in [-0.1, -0.05) is 12.1 Å². The standard InChI is InChI=1S/C23H22N4O5/c28-20-7-6-19(21(29)26-20)27-11-15-5-4-13(8-17(15)22(27)30)12-32-23(31)25-16-9-14-2-1-3-18(14)24-10-16/h4-5,8-10,19H,1-3,6-7,11-12H2,(H,25,31)(H,26,28,29). The quantitative estimate of drug-likeness (QED) is 0.712. The zero-order valence-electron chi connectivity index (χ0n) is 17.3. The highest BCUT2D eigenvalue weighted by Crippen LogP contribution is 2.28. The van der Waals surface area contributed by atoms with Gasteiger partial charge in [-0.2, -0.15) is 0 Å². The fraction of sp³-hybridized carbons (Fsp3) is 0.348. The molecular weight excluding hydrogens is 412 g/mol. The molecule has 2 aliphatic heterocycles. The number of carbonyl (C=O) groups is 4. The third-order valence-electron chi connectivity index (χ3n) is 6.13. The highest BCUT2D eigenvalue weighted by molar-refractivity contribution is 6.05. The Morgan fingerprint density at radius 2 is 2.03 bits per heavy atom. The number of anilines is 1. The van der Waals surface area contributed by atoms with Gasteiger partial charge in [0.2, 0.25) is 11.8 Å². The van der Waals surface area contributed by atoms with E-state index in [1.165, 1.54) is 4.90 Å². The van der Waals surface area contributed by atoms with Crippen LogP contribution in [0.1, 0.15) is 52.0 Å². The van der Waals surface area contributed by atoms with Gasteiger partial charge < -0.3 is 9.64 Å². The molecule has 9 nitrogen and oxygen atoms in total. The SMILES string of the molecule is O=C1CCC(N2Cc3ccc(COC(=O)Nc4cnc5c(c4)CCC5)cc3C2=O)C(=O)N1.